The SMILES string of the molecule is CCOc1ccccc1C(O)C(C)(O)CC. The van der Waals surface area contributed by atoms with Crippen LogP contribution in [0.4, 0.5) is 0 Å². The van der Waals surface area contributed by atoms with E-state index in [4.69, 9.17) is 4.74 Å². The first-order valence-electron chi connectivity index (χ1n) is 5.65. The van der Waals surface area contributed by atoms with Gasteiger partial charge in [0.2, 0.25) is 0 Å². The molecule has 0 aromatic heterocycles. The van der Waals surface area contributed by atoms with Crippen molar-refractivity contribution in [3.8, 4) is 5.75 Å². The molecule has 1 rings (SSSR count). The molecule has 16 heavy (non-hydrogen) atoms. The van der Waals surface area contributed by atoms with E-state index in [9.17, 15) is 10.2 Å². The summed E-state index contributed by atoms with van der Waals surface area (Å²) in [7, 11) is 0. The number of aliphatic hydroxyl groups excluding tert-OH is 1. The summed E-state index contributed by atoms with van der Waals surface area (Å²) in [6.07, 6.45) is -0.450. The van der Waals surface area contributed by atoms with Crippen LogP contribution in [0.3, 0.4) is 0 Å². The van der Waals surface area contributed by atoms with Crippen LogP contribution in [-0.2, 0) is 0 Å². The Morgan fingerprint density at radius 3 is 2.50 bits per heavy atom. The highest BCUT2D eigenvalue weighted by atomic mass is 16.5. The Hall–Kier alpha value is -1.06. The number of aliphatic hydroxyl groups is 2. The molecule has 0 bridgehead atoms. The molecule has 0 spiro atoms. The van der Waals surface area contributed by atoms with Gasteiger partial charge in [-0.1, -0.05) is 25.1 Å². The van der Waals surface area contributed by atoms with Gasteiger partial charge < -0.3 is 14.9 Å². The van der Waals surface area contributed by atoms with Crippen molar-refractivity contribution in [1.29, 1.82) is 0 Å². The van der Waals surface area contributed by atoms with Gasteiger partial charge in [-0.15, -0.1) is 0 Å². The molecule has 2 atom stereocenters. The van der Waals surface area contributed by atoms with E-state index in [0.717, 1.165) is 0 Å². The maximum atomic E-state index is 10.1. The molecule has 90 valence electrons. The van der Waals surface area contributed by atoms with Crippen LogP contribution < -0.4 is 4.74 Å². The van der Waals surface area contributed by atoms with Gasteiger partial charge in [0.1, 0.15) is 11.9 Å². The van der Waals surface area contributed by atoms with Gasteiger partial charge in [-0.3, -0.25) is 0 Å². The molecule has 0 amide bonds. The second kappa shape index (κ2) is 5.32. The van der Waals surface area contributed by atoms with Crippen LogP contribution in [0.1, 0.15) is 38.9 Å². The monoisotopic (exact) mass is 224 g/mol. The first-order chi connectivity index (χ1) is 7.53. The molecule has 0 saturated carbocycles. The second-order valence-corrected chi connectivity index (χ2v) is 4.08. The van der Waals surface area contributed by atoms with E-state index in [1.807, 2.05) is 26.0 Å². The fraction of sp³-hybridized carbons (Fsp3) is 0.538. The summed E-state index contributed by atoms with van der Waals surface area (Å²) in [4.78, 5) is 0. The fourth-order valence-corrected chi connectivity index (χ4v) is 1.52. The Kier molecular flexibility index (Phi) is 4.33. The molecule has 3 heteroatoms. The summed E-state index contributed by atoms with van der Waals surface area (Å²) in [6.45, 7) is 5.89. The first kappa shape index (κ1) is 13.0. The van der Waals surface area contributed by atoms with Crippen LogP contribution in [0.25, 0.3) is 0 Å². The summed E-state index contributed by atoms with van der Waals surface area (Å²) >= 11 is 0. The van der Waals surface area contributed by atoms with Gasteiger partial charge in [-0.05, 0) is 26.3 Å². The molecule has 0 radical (unpaired) electrons. The lowest BCUT2D eigenvalue weighted by Gasteiger charge is -2.29. The predicted molar refractivity (Wildman–Crippen MR) is 63.5 cm³/mol. The number of ether oxygens (including phenoxy) is 1. The highest BCUT2D eigenvalue weighted by Crippen LogP contribution is 2.33. The number of benzene rings is 1. The molecule has 0 saturated heterocycles. The molecule has 0 fully saturated rings. The zero-order chi connectivity index (χ0) is 12.2. The molecule has 1 aromatic rings. The Bertz CT molecular complexity index is 334. The standard InChI is InChI=1S/C13H20O3/c1-4-13(3,15)12(14)10-8-6-7-9-11(10)16-5-2/h6-9,12,14-15H,4-5H2,1-3H3. The van der Waals surface area contributed by atoms with Crippen molar-refractivity contribution in [2.75, 3.05) is 6.61 Å². The van der Waals surface area contributed by atoms with Crippen LogP contribution in [0.2, 0.25) is 0 Å². The zero-order valence-electron chi connectivity index (χ0n) is 10.1. The number of para-hydroxylation sites is 1. The maximum Gasteiger partial charge on any atom is 0.125 e. The molecule has 0 heterocycles. The number of rotatable bonds is 5. The summed E-state index contributed by atoms with van der Waals surface area (Å²) in [5.41, 5.74) is -0.496. The normalized spacial score (nSPS) is 16.6. The minimum Gasteiger partial charge on any atom is -0.493 e. The van der Waals surface area contributed by atoms with E-state index in [-0.39, 0.29) is 0 Å². The van der Waals surface area contributed by atoms with Crippen LogP contribution in [-0.4, -0.2) is 22.4 Å². The van der Waals surface area contributed by atoms with Gasteiger partial charge in [0.15, 0.2) is 0 Å². The van der Waals surface area contributed by atoms with Crippen molar-refractivity contribution in [3.63, 3.8) is 0 Å². The van der Waals surface area contributed by atoms with Crippen molar-refractivity contribution in [1.82, 2.24) is 0 Å². The highest BCUT2D eigenvalue weighted by molar-refractivity contribution is 5.36. The summed E-state index contributed by atoms with van der Waals surface area (Å²) in [6, 6.07) is 7.25. The van der Waals surface area contributed by atoms with E-state index >= 15 is 0 Å². The third kappa shape index (κ3) is 2.74. The minimum atomic E-state index is -1.13. The van der Waals surface area contributed by atoms with Gasteiger partial charge in [0, 0.05) is 5.56 Å². The van der Waals surface area contributed by atoms with Gasteiger partial charge in [-0.2, -0.15) is 0 Å². The van der Waals surface area contributed by atoms with Crippen LogP contribution in [0, 0.1) is 0 Å². The second-order valence-electron chi connectivity index (χ2n) is 4.08. The molecule has 0 aliphatic rings. The van der Waals surface area contributed by atoms with Gasteiger partial charge in [0.25, 0.3) is 0 Å². The van der Waals surface area contributed by atoms with Crippen LogP contribution in [0.15, 0.2) is 24.3 Å². The summed E-state index contributed by atoms with van der Waals surface area (Å²) in [5.74, 6) is 0.631. The lowest BCUT2D eigenvalue weighted by atomic mass is 9.90. The third-order valence-electron chi connectivity index (χ3n) is 2.82. The largest absolute Gasteiger partial charge is 0.493 e. The lowest BCUT2D eigenvalue weighted by Crippen LogP contribution is -2.32. The highest BCUT2D eigenvalue weighted by Gasteiger charge is 2.31. The van der Waals surface area contributed by atoms with E-state index in [2.05, 4.69) is 0 Å². The summed E-state index contributed by atoms with van der Waals surface area (Å²) in [5, 5.41) is 20.2. The van der Waals surface area contributed by atoms with E-state index in [1.54, 1.807) is 19.1 Å². The van der Waals surface area contributed by atoms with Crippen molar-refractivity contribution in [2.45, 2.75) is 38.9 Å². The third-order valence-corrected chi connectivity index (χ3v) is 2.82. The lowest BCUT2D eigenvalue weighted by molar-refractivity contribution is -0.0668. The van der Waals surface area contributed by atoms with E-state index in [1.165, 1.54) is 0 Å². The molecular weight excluding hydrogens is 204 g/mol. The fourth-order valence-electron chi connectivity index (χ4n) is 1.52. The topological polar surface area (TPSA) is 49.7 Å². The van der Waals surface area contributed by atoms with E-state index in [0.29, 0.717) is 24.3 Å². The number of hydrogen-bond donors (Lipinski definition) is 2. The Labute approximate surface area is 96.7 Å². The minimum absolute atomic E-state index is 0.481. The molecular formula is C13H20O3. The van der Waals surface area contributed by atoms with Crippen LogP contribution >= 0.6 is 0 Å². The molecule has 0 aliphatic carbocycles. The Morgan fingerprint density at radius 2 is 1.94 bits per heavy atom. The Morgan fingerprint density at radius 1 is 1.31 bits per heavy atom. The maximum absolute atomic E-state index is 10.1. The molecule has 2 N–H and O–H groups in total. The average molecular weight is 224 g/mol. The van der Waals surface area contributed by atoms with Crippen molar-refractivity contribution in [2.24, 2.45) is 0 Å². The van der Waals surface area contributed by atoms with Crippen LogP contribution in [0.5, 0.6) is 5.75 Å². The molecule has 1 aromatic carbocycles. The molecule has 2 unspecified atom stereocenters. The molecule has 3 nitrogen and oxygen atoms in total. The predicted octanol–water partition coefficient (Wildman–Crippen LogP) is 2.28. The van der Waals surface area contributed by atoms with Crippen molar-refractivity contribution >= 4 is 0 Å². The van der Waals surface area contributed by atoms with Gasteiger partial charge in [0.05, 0.1) is 12.2 Å². The molecule has 0 aliphatic heterocycles. The smallest absolute Gasteiger partial charge is 0.125 e. The van der Waals surface area contributed by atoms with E-state index < -0.39 is 11.7 Å². The Balaban J connectivity index is 3.02. The van der Waals surface area contributed by atoms with Crippen molar-refractivity contribution in [3.05, 3.63) is 29.8 Å². The first-order valence-corrected chi connectivity index (χ1v) is 5.65. The quantitative estimate of drug-likeness (QED) is 0.806. The zero-order valence-corrected chi connectivity index (χ0v) is 10.1. The number of hydrogen-bond acceptors (Lipinski definition) is 3. The van der Waals surface area contributed by atoms with Crippen molar-refractivity contribution < 1.29 is 14.9 Å². The average Bonchev–Trinajstić information content (AvgIpc) is 2.29. The summed E-state index contributed by atoms with van der Waals surface area (Å²) < 4.78 is 5.43. The van der Waals surface area contributed by atoms with Gasteiger partial charge in [-0.25, -0.2) is 0 Å². The van der Waals surface area contributed by atoms with Gasteiger partial charge >= 0.3 is 0 Å².